The van der Waals surface area contributed by atoms with Gasteiger partial charge in [0.05, 0.1) is 0 Å². The highest BCUT2D eigenvalue weighted by Crippen LogP contribution is 2.31. The van der Waals surface area contributed by atoms with Gasteiger partial charge in [-0.25, -0.2) is 4.39 Å². The van der Waals surface area contributed by atoms with E-state index in [0.29, 0.717) is 7.14 Å². The number of benzene rings is 1. The molecule has 0 aliphatic carbocycles. The first kappa shape index (κ1) is 12.8. The Labute approximate surface area is 114 Å². The molecule has 0 nitrogen and oxygen atoms in total. The summed E-state index contributed by atoms with van der Waals surface area (Å²) < 4.78 is 39.0. The van der Waals surface area contributed by atoms with E-state index in [1.54, 1.807) is 0 Å². The van der Waals surface area contributed by atoms with Crippen molar-refractivity contribution in [3.63, 3.8) is 0 Å². The van der Waals surface area contributed by atoms with Crippen molar-refractivity contribution in [2.45, 2.75) is 0 Å². The van der Waals surface area contributed by atoms with E-state index in [2.05, 4.69) is 15.9 Å². The minimum absolute atomic E-state index is 0.0954. The smallest absolute Gasteiger partial charge is 0.200 e. The molecule has 0 heterocycles. The number of rotatable bonds is 1. The summed E-state index contributed by atoms with van der Waals surface area (Å²) in [6.07, 6.45) is -2.29. The van der Waals surface area contributed by atoms with E-state index in [4.69, 9.17) is 0 Å². The molecule has 0 N–H and O–H groups in total. The van der Waals surface area contributed by atoms with E-state index < -0.39 is 11.9 Å². The second kappa shape index (κ2) is 5.15. The lowest BCUT2D eigenvalue weighted by atomic mass is 10.2. The lowest BCUT2D eigenvalue weighted by Crippen LogP contribution is -1.87. The molecule has 0 saturated carbocycles. The van der Waals surface area contributed by atoms with E-state index in [-0.39, 0.29) is 5.56 Å². The zero-order chi connectivity index (χ0) is 10.9. The lowest BCUT2D eigenvalue weighted by molar-refractivity contribution is 0.410. The van der Waals surface area contributed by atoms with E-state index >= 15 is 0 Å². The molecule has 0 spiro atoms. The van der Waals surface area contributed by atoms with E-state index in [9.17, 15) is 13.2 Å². The van der Waals surface area contributed by atoms with Crippen LogP contribution in [0.4, 0.5) is 13.2 Å². The minimum Gasteiger partial charge on any atom is -0.200 e. The normalized spacial score (nSPS) is 10.1. The van der Waals surface area contributed by atoms with E-state index in [1.807, 2.05) is 45.2 Å². The monoisotopic (exact) mass is 488 g/mol. The number of hydrogen-bond donors (Lipinski definition) is 0. The highest BCUT2D eigenvalue weighted by Gasteiger charge is 2.12. The minimum atomic E-state index is -2.29. The summed E-state index contributed by atoms with van der Waals surface area (Å²) in [5.74, 6) is -1.46. The summed E-state index contributed by atoms with van der Waals surface area (Å²) in [6, 6.07) is 2.72. The third-order valence-corrected chi connectivity index (χ3v) is 5.44. The van der Waals surface area contributed by atoms with Crippen molar-refractivity contribution in [3.8, 4) is 0 Å². The first-order valence-corrected chi connectivity index (χ1v) is 6.24. The van der Waals surface area contributed by atoms with Crippen molar-refractivity contribution in [2.75, 3.05) is 0 Å². The summed E-state index contributed by atoms with van der Waals surface area (Å²) in [7, 11) is 0. The van der Waals surface area contributed by atoms with Gasteiger partial charge in [-0.3, -0.25) is 0 Å². The molecule has 0 radical (unpaired) electrons. The topological polar surface area (TPSA) is 0 Å². The largest absolute Gasteiger partial charge is 0.306 e. The molecular weight excluding hydrogens is 487 g/mol. The van der Waals surface area contributed by atoms with Gasteiger partial charge in [-0.15, -0.1) is 0 Å². The summed E-state index contributed by atoms with van der Waals surface area (Å²) in [4.78, 5) is 0. The zero-order valence-electron chi connectivity index (χ0n) is 6.42. The lowest BCUT2D eigenvalue weighted by Gasteiger charge is -2.03. The maximum Gasteiger partial charge on any atom is 0.306 e. The van der Waals surface area contributed by atoms with Gasteiger partial charge in [-0.1, -0.05) is 0 Å². The zero-order valence-corrected chi connectivity index (χ0v) is 12.3. The van der Waals surface area contributed by atoms with Crippen LogP contribution in [-0.2, 0) is 0 Å². The fourth-order valence-electron chi connectivity index (χ4n) is 0.791. The molecule has 1 aromatic carbocycles. The predicted octanol–water partition coefficient (Wildman–Crippen LogP) is 5.19. The molecule has 0 amide bonds. The van der Waals surface area contributed by atoms with Crippen LogP contribution < -0.4 is 0 Å². The molecule has 76 valence electrons. The molecule has 14 heavy (non-hydrogen) atoms. The average molecular weight is 489 g/mol. The Balaban J connectivity index is 3.34. The molecule has 0 saturated heterocycles. The van der Waals surface area contributed by atoms with Gasteiger partial charge in [0.15, 0.2) is 5.83 Å². The molecule has 0 aliphatic rings. The Morgan fingerprint density at radius 3 is 1.86 bits per heavy atom. The van der Waals surface area contributed by atoms with Crippen LogP contribution in [0.1, 0.15) is 5.56 Å². The van der Waals surface area contributed by atoms with Crippen molar-refractivity contribution < 1.29 is 13.2 Å². The van der Waals surface area contributed by atoms with Crippen LogP contribution in [-0.4, -0.2) is 0 Å². The molecular formula is C8H2BrF3I2. The maximum absolute atomic E-state index is 12.9. The Morgan fingerprint density at radius 2 is 1.50 bits per heavy atom. The summed E-state index contributed by atoms with van der Waals surface area (Å²) >= 11 is 7.15. The summed E-state index contributed by atoms with van der Waals surface area (Å²) in [6.45, 7) is 0. The highest BCUT2D eigenvalue weighted by molar-refractivity contribution is 14.1. The molecule has 0 aromatic heterocycles. The van der Waals surface area contributed by atoms with Gasteiger partial charge in [0.2, 0.25) is 0 Å². The predicted molar refractivity (Wildman–Crippen MR) is 69.8 cm³/mol. The van der Waals surface area contributed by atoms with Crippen LogP contribution in [0, 0.1) is 7.14 Å². The molecule has 0 atom stereocenters. The second-order valence-electron chi connectivity index (χ2n) is 2.33. The van der Waals surface area contributed by atoms with Crippen LogP contribution in [0.2, 0.25) is 0 Å². The summed E-state index contributed by atoms with van der Waals surface area (Å²) in [5.41, 5.74) is -0.0954. The first-order chi connectivity index (χ1) is 6.43. The average Bonchev–Trinajstić information content (AvgIpc) is 2.12. The third kappa shape index (κ3) is 2.84. The van der Waals surface area contributed by atoms with Gasteiger partial charge >= 0.3 is 6.08 Å². The molecule has 1 aromatic rings. The van der Waals surface area contributed by atoms with Gasteiger partial charge in [-0.2, -0.15) is 8.78 Å². The van der Waals surface area contributed by atoms with Gasteiger partial charge < -0.3 is 0 Å². The van der Waals surface area contributed by atoms with Crippen LogP contribution in [0.3, 0.4) is 0 Å². The fraction of sp³-hybridized carbons (Fsp3) is 0. The van der Waals surface area contributed by atoms with Gasteiger partial charge in [0.1, 0.15) is 0 Å². The number of hydrogen-bond acceptors (Lipinski definition) is 0. The quantitative estimate of drug-likeness (QED) is 0.377. The van der Waals surface area contributed by atoms with Crippen LogP contribution >= 0.6 is 61.1 Å². The second-order valence-corrected chi connectivity index (χ2v) is 5.45. The molecule has 0 bridgehead atoms. The molecule has 0 aliphatic heterocycles. The highest BCUT2D eigenvalue weighted by atomic mass is 127. The van der Waals surface area contributed by atoms with Gasteiger partial charge in [0.25, 0.3) is 0 Å². The fourth-order valence-corrected chi connectivity index (χ4v) is 2.79. The molecule has 6 heteroatoms. The number of halogens is 6. The van der Waals surface area contributed by atoms with E-state index in [0.717, 1.165) is 4.47 Å². The van der Waals surface area contributed by atoms with Crippen molar-refractivity contribution in [2.24, 2.45) is 0 Å². The summed E-state index contributed by atoms with van der Waals surface area (Å²) in [5, 5.41) is 0. The maximum atomic E-state index is 12.9. The molecule has 0 fully saturated rings. The van der Waals surface area contributed by atoms with Gasteiger partial charge in [-0.05, 0) is 73.2 Å². The third-order valence-electron chi connectivity index (χ3n) is 1.40. The van der Waals surface area contributed by atoms with Crippen LogP contribution in [0.5, 0.6) is 0 Å². The Morgan fingerprint density at radius 1 is 1.07 bits per heavy atom. The van der Waals surface area contributed by atoms with Crippen molar-refractivity contribution in [1.82, 2.24) is 0 Å². The van der Waals surface area contributed by atoms with Gasteiger partial charge in [0, 0.05) is 17.2 Å². The van der Waals surface area contributed by atoms with Crippen molar-refractivity contribution >= 4 is 66.9 Å². The standard InChI is InChI=1S/C8H2BrF3I2/c9-6-4(13)1-3(2-5(6)14)7(10)8(11)12/h1-2H. The van der Waals surface area contributed by atoms with Crippen LogP contribution in [0.25, 0.3) is 5.83 Å². The Hall–Kier alpha value is 0.690. The molecule has 0 unspecified atom stereocenters. The SMILES string of the molecule is FC(F)=C(F)c1cc(I)c(Br)c(I)c1. The van der Waals surface area contributed by atoms with Crippen molar-refractivity contribution in [3.05, 3.63) is 35.4 Å². The first-order valence-electron chi connectivity index (χ1n) is 3.29. The Bertz CT molecular complexity index is 377. The Kier molecular flexibility index (Phi) is 4.69. The van der Waals surface area contributed by atoms with E-state index in [1.165, 1.54) is 12.1 Å². The molecule has 1 rings (SSSR count). The van der Waals surface area contributed by atoms with Crippen molar-refractivity contribution in [1.29, 1.82) is 0 Å². The van der Waals surface area contributed by atoms with Crippen LogP contribution in [0.15, 0.2) is 22.7 Å².